The molecule has 1 heterocycles. The summed E-state index contributed by atoms with van der Waals surface area (Å²) >= 11 is 0. The Hall–Kier alpha value is -1.91. The minimum atomic E-state index is -0.942. The molecule has 2 rings (SSSR count). The van der Waals surface area contributed by atoms with Gasteiger partial charge in [0.05, 0.1) is 17.1 Å². The molecule has 2 aromatic rings. The molecule has 0 aliphatic carbocycles. The summed E-state index contributed by atoms with van der Waals surface area (Å²) < 4.78 is 1.85. The van der Waals surface area contributed by atoms with Crippen molar-refractivity contribution < 1.29 is 9.90 Å². The monoisotopic (exact) mass is 233 g/mol. The van der Waals surface area contributed by atoms with Crippen LogP contribution < -0.4 is 0 Å². The fourth-order valence-corrected chi connectivity index (χ4v) is 1.94. The molecule has 0 aliphatic rings. The number of aromatic nitrogens is 3. The lowest BCUT2D eigenvalue weighted by Crippen LogP contribution is -2.06. The zero-order valence-corrected chi connectivity index (χ0v) is 9.92. The molecule has 0 fully saturated rings. The largest absolute Gasteiger partial charge is 0.478 e. The van der Waals surface area contributed by atoms with Gasteiger partial charge in [0.1, 0.15) is 5.52 Å². The summed E-state index contributed by atoms with van der Waals surface area (Å²) in [6, 6.07) is 5.19. The number of carboxylic acid groups (broad SMARTS) is 1. The van der Waals surface area contributed by atoms with E-state index >= 15 is 0 Å². The first-order chi connectivity index (χ1) is 8.13. The Morgan fingerprint density at radius 3 is 2.94 bits per heavy atom. The molecular formula is C12H15N3O2. The lowest BCUT2D eigenvalue weighted by atomic mass is 10.1. The first kappa shape index (κ1) is 11.6. The molecule has 0 radical (unpaired) electrons. The van der Waals surface area contributed by atoms with Gasteiger partial charge < -0.3 is 5.11 Å². The molecule has 1 N–H and O–H groups in total. The summed E-state index contributed by atoms with van der Waals surface area (Å²) in [6.07, 6.45) is 2.11. The highest BCUT2D eigenvalue weighted by Gasteiger charge is 2.12. The van der Waals surface area contributed by atoms with E-state index in [1.54, 1.807) is 18.2 Å². The summed E-state index contributed by atoms with van der Waals surface area (Å²) in [4.78, 5) is 10.8. The van der Waals surface area contributed by atoms with Crippen LogP contribution in [0.25, 0.3) is 11.0 Å². The van der Waals surface area contributed by atoms with E-state index in [1.165, 1.54) is 0 Å². The normalized spacial score (nSPS) is 12.8. The SMILES string of the molecule is CCCC(C)n1nnc2cc(C(=O)O)ccc21. The van der Waals surface area contributed by atoms with Crippen LogP contribution >= 0.6 is 0 Å². The molecule has 1 aromatic heterocycles. The number of rotatable bonds is 4. The topological polar surface area (TPSA) is 68.0 Å². The minimum absolute atomic E-state index is 0.243. The molecule has 5 nitrogen and oxygen atoms in total. The van der Waals surface area contributed by atoms with Crippen LogP contribution in [0.4, 0.5) is 0 Å². The smallest absolute Gasteiger partial charge is 0.335 e. The maximum atomic E-state index is 10.8. The van der Waals surface area contributed by atoms with Crippen molar-refractivity contribution in [2.24, 2.45) is 0 Å². The van der Waals surface area contributed by atoms with Gasteiger partial charge in [0.2, 0.25) is 0 Å². The van der Waals surface area contributed by atoms with E-state index in [0.29, 0.717) is 5.52 Å². The number of carbonyl (C=O) groups is 1. The third-order valence-corrected chi connectivity index (χ3v) is 2.84. The number of hydrogen-bond acceptors (Lipinski definition) is 3. The van der Waals surface area contributed by atoms with Crippen molar-refractivity contribution in [1.29, 1.82) is 0 Å². The van der Waals surface area contributed by atoms with Crippen LogP contribution in [0.15, 0.2) is 18.2 Å². The van der Waals surface area contributed by atoms with Crippen LogP contribution in [0.1, 0.15) is 43.1 Å². The minimum Gasteiger partial charge on any atom is -0.478 e. The highest BCUT2D eigenvalue weighted by molar-refractivity contribution is 5.92. The quantitative estimate of drug-likeness (QED) is 0.880. The second-order valence-corrected chi connectivity index (χ2v) is 4.18. The Labute approximate surface area is 99.1 Å². The van der Waals surface area contributed by atoms with Gasteiger partial charge in [-0.3, -0.25) is 0 Å². The summed E-state index contributed by atoms with van der Waals surface area (Å²) in [5.41, 5.74) is 1.76. The van der Waals surface area contributed by atoms with Crippen molar-refractivity contribution in [3.8, 4) is 0 Å². The Morgan fingerprint density at radius 2 is 2.29 bits per heavy atom. The average molecular weight is 233 g/mol. The summed E-state index contributed by atoms with van der Waals surface area (Å²) in [5, 5.41) is 17.0. The Morgan fingerprint density at radius 1 is 1.53 bits per heavy atom. The van der Waals surface area contributed by atoms with Crippen LogP contribution in [-0.2, 0) is 0 Å². The maximum absolute atomic E-state index is 10.8. The van der Waals surface area contributed by atoms with Crippen LogP contribution in [0.5, 0.6) is 0 Å². The van der Waals surface area contributed by atoms with E-state index in [9.17, 15) is 4.79 Å². The van der Waals surface area contributed by atoms with E-state index in [2.05, 4.69) is 24.2 Å². The second kappa shape index (κ2) is 4.53. The zero-order chi connectivity index (χ0) is 12.4. The zero-order valence-electron chi connectivity index (χ0n) is 9.92. The molecule has 1 atom stereocenters. The lowest BCUT2D eigenvalue weighted by molar-refractivity contribution is 0.0697. The fraction of sp³-hybridized carbons (Fsp3) is 0.417. The van der Waals surface area contributed by atoms with Gasteiger partial charge in [-0.1, -0.05) is 18.6 Å². The molecule has 0 bridgehead atoms. The predicted octanol–water partition coefficient (Wildman–Crippen LogP) is 2.49. The van der Waals surface area contributed by atoms with Gasteiger partial charge in [-0.15, -0.1) is 5.10 Å². The number of nitrogens with zero attached hydrogens (tertiary/aromatic N) is 3. The van der Waals surface area contributed by atoms with E-state index in [1.807, 2.05) is 4.68 Å². The van der Waals surface area contributed by atoms with Crippen LogP contribution in [0.3, 0.4) is 0 Å². The number of carboxylic acids is 1. The molecule has 1 unspecified atom stereocenters. The van der Waals surface area contributed by atoms with Gasteiger partial charge >= 0.3 is 5.97 Å². The highest BCUT2D eigenvalue weighted by atomic mass is 16.4. The molecule has 90 valence electrons. The Balaban J connectivity index is 2.44. The van der Waals surface area contributed by atoms with Crippen molar-refractivity contribution in [1.82, 2.24) is 15.0 Å². The van der Waals surface area contributed by atoms with Gasteiger partial charge in [-0.05, 0) is 31.5 Å². The lowest BCUT2D eigenvalue weighted by Gasteiger charge is -2.10. The van der Waals surface area contributed by atoms with Crippen molar-refractivity contribution in [2.75, 3.05) is 0 Å². The number of fused-ring (bicyclic) bond motifs is 1. The highest BCUT2D eigenvalue weighted by Crippen LogP contribution is 2.19. The van der Waals surface area contributed by atoms with Gasteiger partial charge in [-0.25, -0.2) is 9.48 Å². The first-order valence-corrected chi connectivity index (χ1v) is 5.71. The van der Waals surface area contributed by atoms with Crippen LogP contribution in [0.2, 0.25) is 0 Å². The standard InChI is InChI=1S/C12H15N3O2/c1-3-4-8(2)15-11-6-5-9(12(16)17)7-10(11)13-14-15/h5-8H,3-4H2,1-2H3,(H,16,17). The molecule has 0 spiro atoms. The fourth-order valence-electron chi connectivity index (χ4n) is 1.94. The molecule has 0 amide bonds. The van der Waals surface area contributed by atoms with Gasteiger partial charge in [-0.2, -0.15) is 0 Å². The average Bonchev–Trinajstić information content (AvgIpc) is 2.71. The summed E-state index contributed by atoms with van der Waals surface area (Å²) in [7, 11) is 0. The molecule has 1 aromatic carbocycles. The number of benzene rings is 1. The first-order valence-electron chi connectivity index (χ1n) is 5.71. The summed E-state index contributed by atoms with van der Waals surface area (Å²) in [5.74, 6) is -0.942. The molecule has 0 saturated carbocycles. The van der Waals surface area contributed by atoms with Crippen LogP contribution in [-0.4, -0.2) is 26.1 Å². The molecule has 0 saturated heterocycles. The predicted molar refractivity (Wildman–Crippen MR) is 64.1 cm³/mol. The van der Waals surface area contributed by atoms with E-state index in [4.69, 9.17) is 5.11 Å². The van der Waals surface area contributed by atoms with Crippen molar-refractivity contribution >= 4 is 17.0 Å². The maximum Gasteiger partial charge on any atom is 0.335 e. The van der Waals surface area contributed by atoms with Gasteiger partial charge in [0.15, 0.2) is 0 Å². The molecule has 17 heavy (non-hydrogen) atoms. The third kappa shape index (κ3) is 2.13. The van der Waals surface area contributed by atoms with Crippen molar-refractivity contribution in [3.05, 3.63) is 23.8 Å². The van der Waals surface area contributed by atoms with Crippen LogP contribution in [0, 0.1) is 0 Å². The van der Waals surface area contributed by atoms with Crippen molar-refractivity contribution in [3.63, 3.8) is 0 Å². The Bertz CT molecular complexity index is 548. The van der Waals surface area contributed by atoms with E-state index in [0.717, 1.165) is 18.4 Å². The van der Waals surface area contributed by atoms with E-state index in [-0.39, 0.29) is 11.6 Å². The number of hydrogen-bond donors (Lipinski definition) is 1. The Kier molecular flexibility index (Phi) is 3.08. The molecular weight excluding hydrogens is 218 g/mol. The third-order valence-electron chi connectivity index (χ3n) is 2.84. The summed E-state index contributed by atoms with van der Waals surface area (Å²) in [6.45, 7) is 4.21. The van der Waals surface area contributed by atoms with E-state index < -0.39 is 5.97 Å². The molecule has 0 aliphatic heterocycles. The molecule has 5 heteroatoms. The van der Waals surface area contributed by atoms with Crippen molar-refractivity contribution in [2.45, 2.75) is 32.7 Å². The number of aromatic carboxylic acids is 1. The van der Waals surface area contributed by atoms with Gasteiger partial charge in [0, 0.05) is 0 Å². The van der Waals surface area contributed by atoms with Gasteiger partial charge in [0.25, 0.3) is 0 Å². The second-order valence-electron chi connectivity index (χ2n) is 4.18.